The molecule has 1 atom stereocenters. The van der Waals surface area contributed by atoms with Crippen molar-refractivity contribution in [2.24, 2.45) is 0 Å². The molecule has 1 aliphatic heterocycles. The van der Waals surface area contributed by atoms with Crippen LogP contribution in [-0.4, -0.2) is 36.5 Å². The first-order valence-electron chi connectivity index (χ1n) is 6.19. The summed E-state index contributed by atoms with van der Waals surface area (Å²) in [5, 5.41) is 3.05. The van der Waals surface area contributed by atoms with Crippen molar-refractivity contribution in [3.05, 3.63) is 35.1 Å². The Morgan fingerprint density at radius 3 is 2.70 bits per heavy atom. The third kappa shape index (κ3) is 2.77. The first kappa shape index (κ1) is 14.8. The average molecular weight is 290 g/mol. The number of carbonyl (C=O) groups is 1. The van der Waals surface area contributed by atoms with E-state index in [2.05, 4.69) is 5.32 Å². The van der Waals surface area contributed by atoms with Crippen LogP contribution in [0.4, 0.5) is 17.6 Å². The molecular formula is C13H14F4N2O. The van der Waals surface area contributed by atoms with Crippen molar-refractivity contribution < 1.29 is 22.4 Å². The van der Waals surface area contributed by atoms with E-state index in [1.165, 1.54) is 4.90 Å². The van der Waals surface area contributed by atoms with Gasteiger partial charge in [-0.2, -0.15) is 13.2 Å². The summed E-state index contributed by atoms with van der Waals surface area (Å²) in [6.07, 6.45) is -4.81. The normalized spacial score (nSPS) is 20.1. The maximum atomic E-state index is 13.9. The van der Waals surface area contributed by atoms with Crippen LogP contribution < -0.4 is 5.32 Å². The quantitative estimate of drug-likeness (QED) is 0.805. The fourth-order valence-electron chi connectivity index (χ4n) is 2.21. The van der Waals surface area contributed by atoms with Gasteiger partial charge in [-0.25, -0.2) is 4.39 Å². The predicted octanol–water partition coefficient (Wildman–Crippen LogP) is 2.28. The van der Waals surface area contributed by atoms with Crippen LogP contribution in [0.25, 0.3) is 0 Å². The number of carbonyl (C=O) groups excluding carboxylic acids is 1. The predicted molar refractivity (Wildman–Crippen MR) is 64.8 cm³/mol. The van der Waals surface area contributed by atoms with Crippen molar-refractivity contribution in [2.75, 3.05) is 19.6 Å². The van der Waals surface area contributed by atoms with Crippen molar-refractivity contribution in [3.8, 4) is 0 Å². The van der Waals surface area contributed by atoms with Gasteiger partial charge < -0.3 is 10.2 Å². The number of alkyl halides is 3. The summed E-state index contributed by atoms with van der Waals surface area (Å²) in [5.41, 5.74) is -1.94. The Morgan fingerprint density at radius 2 is 2.10 bits per heavy atom. The number of hydrogen-bond donors (Lipinski definition) is 1. The van der Waals surface area contributed by atoms with Crippen molar-refractivity contribution >= 4 is 5.91 Å². The number of nitrogens with one attached hydrogen (secondary N) is 1. The van der Waals surface area contributed by atoms with E-state index >= 15 is 0 Å². The van der Waals surface area contributed by atoms with Gasteiger partial charge in [0.25, 0.3) is 5.91 Å². The van der Waals surface area contributed by atoms with Crippen LogP contribution in [0, 0.1) is 5.82 Å². The van der Waals surface area contributed by atoms with Crippen LogP contribution in [0.15, 0.2) is 18.2 Å². The van der Waals surface area contributed by atoms with Crippen LogP contribution in [0.5, 0.6) is 0 Å². The summed E-state index contributed by atoms with van der Waals surface area (Å²) in [6.45, 7) is 3.17. The van der Waals surface area contributed by atoms with Gasteiger partial charge in [0, 0.05) is 25.7 Å². The number of nitrogens with zero attached hydrogens (tertiary/aromatic N) is 1. The fraction of sp³-hybridized carbons (Fsp3) is 0.462. The van der Waals surface area contributed by atoms with Crippen LogP contribution in [0.3, 0.4) is 0 Å². The Bertz CT molecular complexity index is 516. The van der Waals surface area contributed by atoms with Gasteiger partial charge in [0.15, 0.2) is 0 Å². The molecule has 0 radical (unpaired) electrons. The summed E-state index contributed by atoms with van der Waals surface area (Å²) >= 11 is 0. The number of amides is 1. The van der Waals surface area contributed by atoms with E-state index in [1.807, 2.05) is 0 Å². The summed E-state index contributed by atoms with van der Waals surface area (Å²) in [4.78, 5) is 13.6. The molecule has 1 aromatic rings. The minimum absolute atomic E-state index is 0.190. The second-order valence-corrected chi connectivity index (χ2v) is 4.72. The van der Waals surface area contributed by atoms with Gasteiger partial charge in [-0.05, 0) is 19.1 Å². The largest absolute Gasteiger partial charge is 0.419 e. The van der Waals surface area contributed by atoms with E-state index < -0.39 is 29.0 Å². The average Bonchev–Trinajstić information content (AvgIpc) is 2.37. The third-order valence-electron chi connectivity index (χ3n) is 3.30. The van der Waals surface area contributed by atoms with E-state index in [9.17, 15) is 22.4 Å². The number of rotatable bonds is 1. The van der Waals surface area contributed by atoms with Gasteiger partial charge in [-0.3, -0.25) is 4.79 Å². The summed E-state index contributed by atoms with van der Waals surface area (Å²) < 4.78 is 51.8. The number of piperazine rings is 1. The molecule has 1 aromatic carbocycles. The summed E-state index contributed by atoms with van der Waals surface area (Å²) in [5.74, 6) is -2.21. The number of benzene rings is 1. The maximum absolute atomic E-state index is 13.9. The molecule has 0 bridgehead atoms. The molecule has 7 heteroatoms. The number of hydrogen-bond acceptors (Lipinski definition) is 2. The van der Waals surface area contributed by atoms with Crippen LogP contribution >= 0.6 is 0 Å². The van der Waals surface area contributed by atoms with E-state index in [1.54, 1.807) is 6.92 Å². The second kappa shape index (κ2) is 5.40. The molecule has 1 heterocycles. The van der Waals surface area contributed by atoms with Crippen LogP contribution in [-0.2, 0) is 6.18 Å². The molecule has 1 N–H and O–H groups in total. The standard InChI is InChI=1S/C13H14F4N2O/c1-8-7-18-5-6-19(8)12(20)9-3-2-4-10(11(9)14)13(15,16)17/h2-4,8,18H,5-7H2,1H3/t8-/m1/s1. The zero-order valence-electron chi connectivity index (χ0n) is 10.8. The lowest BCUT2D eigenvalue weighted by Crippen LogP contribution is -2.52. The highest BCUT2D eigenvalue weighted by molar-refractivity contribution is 5.95. The Hall–Kier alpha value is -1.63. The Labute approximate surface area is 113 Å². The molecule has 0 aromatic heterocycles. The molecule has 2 rings (SSSR count). The highest BCUT2D eigenvalue weighted by atomic mass is 19.4. The van der Waals surface area contributed by atoms with Crippen LogP contribution in [0.2, 0.25) is 0 Å². The molecule has 1 fully saturated rings. The fourth-order valence-corrected chi connectivity index (χ4v) is 2.21. The monoisotopic (exact) mass is 290 g/mol. The molecule has 1 amide bonds. The van der Waals surface area contributed by atoms with Gasteiger partial charge in [0.2, 0.25) is 0 Å². The minimum Gasteiger partial charge on any atom is -0.333 e. The smallest absolute Gasteiger partial charge is 0.333 e. The zero-order valence-corrected chi connectivity index (χ0v) is 10.8. The number of halogens is 4. The Kier molecular flexibility index (Phi) is 3.99. The maximum Gasteiger partial charge on any atom is 0.419 e. The second-order valence-electron chi connectivity index (χ2n) is 4.72. The molecule has 1 saturated heterocycles. The van der Waals surface area contributed by atoms with Crippen molar-refractivity contribution in [3.63, 3.8) is 0 Å². The van der Waals surface area contributed by atoms with Crippen LogP contribution in [0.1, 0.15) is 22.8 Å². The van der Waals surface area contributed by atoms with E-state index in [0.29, 0.717) is 25.7 Å². The highest BCUT2D eigenvalue weighted by Gasteiger charge is 2.36. The van der Waals surface area contributed by atoms with Crippen molar-refractivity contribution in [2.45, 2.75) is 19.1 Å². The third-order valence-corrected chi connectivity index (χ3v) is 3.30. The van der Waals surface area contributed by atoms with E-state index in [0.717, 1.165) is 12.1 Å². The lowest BCUT2D eigenvalue weighted by Gasteiger charge is -2.34. The highest BCUT2D eigenvalue weighted by Crippen LogP contribution is 2.32. The molecule has 0 aliphatic carbocycles. The molecule has 20 heavy (non-hydrogen) atoms. The Balaban J connectivity index is 2.35. The molecular weight excluding hydrogens is 276 g/mol. The van der Waals surface area contributed by atoms with E-state index in [4.69, 9.17) is 0 Å². The zero-order chi connectivity index (χ0) is 14.9. The topological polar surface area (TPSA) is 32.3 Å². The molecule has 0 unspecified atom stereocenters. The molecule has 1 aliphatic rings. The molecule has 3 nitrogen and oxygen atoms in total. The van der Waals surface area contributed by atoms with Gasteiger partial charge >= 0.3 is 6.18 Å². The Morgan fingerprint density at radius 1 is 1.40 bits per heavy atom. The lowest BCUT2D eigenvalue weighted by molar-refractivity contribution is -0.140. The van der Waals surface area contributed by atoms with Gasteiger partial charge in [-0.15, -0.1) is 0 Å². The van der Waals surface area contributed by atoms with Crippen molar-refractivity contribution in [1.29, 1.82) is 0 Å². The van der Waals surface area contributed by atoms with Gasteiger partial charge in [-0.1, -0.05) is 6.07 Å². The summed E-state index contributed by atoms with van der Waals surface area (Å²) in [7, 11) is 0. The van der Waals surface area contributed by atoms with Gasteiger partial charge in [0.1, 0.15) is 5.82 Å². The summed E-state index contributed by atoms with van der Waals surface area (Å²) in [6, 6.07) is 2.58. The van der Waals surface area contributed by atoms with Gasteiger partial charge in [0.05, 0.1) is 11.1 Å². The molecule has 0 spiro atoms. The van der Waals surface area contributed by atoms with Crippen molar-refractivity contribution in [1.82, 2.24) is 10.2 Å². The molecule has 0 saturated carbocycles. The molecule has 110 valence electrons. The first-order chi connectivity index (χ1) is 9.32. The minimum atomic E-state index is -4.81. The first-order valence-corrected chi connectivity index (χ1v) is 6.19. The SMILES string of the molecule is C[C@@H]1CNCCN1C(=O)c1cccc(C(F)(F)F)c1F. The van der Waals surface area contributed by atoms with E-state index in [-0.39, 0.29) is 6.04 Å². The lowest BCUT2D eigenvalue weighted by atomic mass is 10.1.